The maximum atomic E-state index is 6.41. The maximum Gasteiger partial charge on any atom is 0.311 e. The van der Waals surface area contributed by atoms with Crippen molar-refractivity contribution >= 4 is 22.6 Å². The molecule has 0 amide bonds. The molecule has 0 saturated heterocycles. The molecule has 1 aliphatic rings. The molecule has 1 aromatic heterocycles. The number of aryl methyl sites for hydroxylation is 2. The summed E-state index contributed by atoms with van der Waals surface area (Å²) in [6, 6.07) is 12.5. The fourth-order valence-corrected chi connectivity index (χ4v) is 3.79. The molecule has 3 aromatic rings. The molecule has 2 aromatic carbocycles. The minimum absolute atomic E-state index is 0.518. The van der Waals surface area contributed by atoms with Crippen LogP contribution in [0.1, 0.15) is 36.4 Å². The Balaban J connectivity index is 1.77. The first-order chi connectivity index (χ1) is 14.9. The molecule has 164 valence electrons. The van der Waals surface area contributed by atoms with Gasteiger partial charge in [0.1, 0.15) is 11.5 Å². The van der Waals surface area contributed by atoms with E-state index in [1.165, 1.54) is 5.56 Å². The van der Waals surface area contributed by atoms with Crippen molar-refractivity contribution < 1.29 is 14.2 Å². The normalized spacial score (nSPS) is 15.8. The lowest BCUT2D eigenvalue weighted by atomic mass is 10.1. The van der Waals surface area contributed by atoms with Crippen molar-refractivity contribution in [2.75, 3.05) is 32.8 Å². The third-order valence-electron chi connectivity index (χ3n) is 5.50. The average Bonchev–Trinajstić information content (AvgIpc) is 3.05. The van der Waals surface area contributed by atoms with Crippen LogP contribution in [0.2, 0.25) is 0 Å². The van der Waals surface area contributed by atoms with Crippen molar-refractivity contribution in [3.63, 3.8) is 0 Å². The van der Waals surface area contributed by atoms with Crippen molar-refractivity contribution in [3.05, 3.63) is 53.2 Å². The van der Waals surface area contributed by atoms with Crippen LogP contribution in [0, 0.1) is 13.8 Å². The summed E-state index contributed by atoms with van der Waals surface area (Å²) >= 11 is 0. The van der Waals surface area contributed by atoms with Gasteiger partial charge in [-0.1, -0.05) is 6.92 Å². The zero-order chi connectivity index (χ0) is 22.1. The Morgan fingerprint density at radius 3 is 2.58 bits per heavy atom. The summed E-state index contributed by atoms with van der Waals surface area (Å²) in [5.74, 6) is 1.51. The topological polar surface area (TPSA) is 62.3 Å². The molecule has 7 nitrogen and oxygen atoms in total. The van der Waals surface area contributed by atoms with Crippen molar-refractivity contribution in [3.8, 4) is 11.5 Å². The molecule has 1 aliphatic heterocycles. The Labute approximate surface area is 183 Å². The van der Waals surface area contributed by atoms with E-state index in [-0.39, 0.29) is 0 Å². The maximum absolute atomic E-state index is 6.41. The van der Waals surface area contributed by atoms with Crippen LogP contribution in [0.3, 0.4) is 0 Å². The van der Waals surface area contributed by atoms with E-state index in [4.69, 9.17) is 19.2 Å². The molecule has 31 heavy (non-hydrogen) atoms. The van der Waals surface area contributed by atoms with E-state index in [1.54, 1.807) is 7.11 Å². The minimum Gasteiger partial charge on any atom is -0.497 e. The van der Waals surface area contributed by atoms with E-state index in [2.05, 4.69) is 31.8 Å². The first kappa shape index (κ1) is 21.1. The smallest absolute Gasteiger partial charge is 0.311 e. The summed E-state index contributed by atoms with van der Waals surface area (Å²) in [5.41, 5.74) is 5.35. The number of nitrogens with one attached hydrogen (secondary N) is 1. The van der Waals surface area contributed by atoms with Gasteiger partial charge in [0.25, 0.3) is 0 Å². The van der Waals surface area contributed by atoms with Gasteiger partial charge in [0.15, 0.2) is 0 Å². The van der Waals surface area contributed by atoms with E-state index in [1.807, 2.05) is 54.4 Å². The van der Waals surface area contributed by atoms with Crippen LogP contribution < -0.4 is 14.5 Å². The van der Waals surface area contributed by atoms with Gasteiger partial charge in [-0.2, -0.15) is 4.99 Å². The number of nitrogens with zero attached hydrogens (tertiary/aromatic N) is 3. The number of aromatic nitrogens is 1. The van der Waals surface area contributed by atoms with E-state index in [0.717, 1.165) is 45.8 Å². The highest BCUT2D eigenvalue weighted by Gasteiger charge is 2.32. The van der Waals surface area contributed by atoms with E-state index < -0.39 is 6.23 Å². The Morgan fingerprint density at radius 1 is 1.10 bits per heavy atom. The van der Waals surface area contributed by atoms with Gasteiger partial charge in [0.2, 0.25) is 6.23 Å². The average molecular weight is 423 g/mol. The number of aromatic amines is 1. The van der Waals surface area contributed by atoms with Crippen molar-refractivity contribution in [1.82, 2.24) is 9.99 Å². The number of hydrazine groups is 1. The molecule has 0 fully saturated rings. The summed E-state index contributed by atoms with van der Waals surface area (Å²) in [6.07, 6.45) is 0.343. The minimum atomic E-state index is -0.550. The van der Waals surface area contributed by atoms with Crippen LogP contribution in [0.5, 0.6) is 11.5 Å². The van der Waals surface area contributed by atoms with Gasteiger partial charge in [-0.05, 0) is 62.2 Å². The number of rotatable bonds is 6. The lowest BCUT2D eigenvalue weighted by molar-refractivity contribution is 0.193. The summed E-state index contributed by atoms with van der Waals surface area (Å²) in [4.78, 5) is 8.24. The fourth-order valence-electron chi connectivity index (χ4n) is 3.79. The molecule has 4 rings (SSSR count). The quantitative estimate of drug-likeness (QED) is 0.609. The lowest BCUT2D eigenvalue weighted by Gasteiger charge is -2.37. The zero-order valence-corrected chi connectivity index (χ0v) is 19.0. The van der Waals surface area contributed by atoms with Gasteiger partial charge in [-0.3, -0.25) is 0 Å². The standard InChI is InChI=1S/C24H30N4O3/c1-7-12-30-24-26-23(20-13-17(29-6)9-11-22(20)28(24)27(4)5)31-18-8-10-21-19(14-18)15(2)16(3)25-21/h8-11,13-14,23,25H,7,12H2,1-6H3. The van der Waals surface area contributed by atoms with Gasteiger partial charge in [-0.15, -0.1) is 0 Å². The lowest BCUT2D eigenvalue weighted by Crippen LogP contribution is -2.46. The third-order valence-corrected chi connectivity index (χ3v) is 5.50. The molecule has 0 radical (unpaired) electrons. The van der Waals surface area contributed by atoms with Gasteiger partial charge in [0.05, 0.1) is 19.4 Å². The third kappa shape index (κ3) is 3.93. The number of methoxy groups -OCH3 is 1. The Hall–Kier alpha value is -3.19. The highest BCUT2D eigenvalue weighted by Crippen LogP contribution is 2.39. The number of aliphatic imine (C=N–C) groups is 1. The Bertz CT molecular complexity index is 1120. The highest BCUT2D eigenvalue weighted by atomic mass is 16.5. The summed E-state index contributed by atoms with van der Waals surface area (Å²) in [6.45, 7) is 6.85. The van der Waals surface area contributed by atoms with Crippen LogP contribution in [0.15, 0.2) is 41.4 Å². The summed E-state index contributed by atoms with van der Waals surface area (Å²) in [5, 5.41) is 5.05. The molecule has 0 saturated carbocycles. The number of ether oxygens (including phenoxy) is 3. The van der Waals surface area contributed by atoms with Gasteiger partial charge >= 0.3 is 6.02 Å². The van der Waals surface area contributed by atoms with Gasteiger partial charge in [0, 0.05) is 36.3 Å². The number of amidine groups is 1. The van der Waals surface area contributed by atoms with Crippen LogP contribution in [-0.2, 0) is 4.74 Å². The molecule has 0 aliphatic carbocycles. The van der Waals surface area contributed by atoms with Crippen LogP contribution in [0.4, 0.5) is 5.69 Å². The second-order valence-electron chi connectivity index (χ2n) is 7.90. The highest BCUT2D eigenvalue weighted by molar-refractivity contribution is 5.94. The van der Waals surface area contributed by atoms with Crippen LogP contribution >= 0.6 is 0 Å². The predicted octanol–water partition coefficient (Wildman–Crippen LogP) is 4.95. The van der Waals surface area contributed by atoms with E-state index in [0.29, 0.717) is 12.6 Å². The molecular weight excluding hydrogens is 392 g/mol. The second kappa shape index (κ2) is 8.51. The Morgan fingerprint density at radius 2 is 1.87 bits per heavy atom. The molecule has 1 N–H and O–H groups in total. The molecule has 0 bridgehead atoms. The molecule has 2 heterocycles. The van der Waals surface area contributed by atoms with Crippen molar-refractivity contribution in [2.45, 2.75) is 33.4 Å². The number of benzene rings is 2. The van der Waals surface area contributed by atoms with Crippen molar-refractivity contribution in [1.29, 1.82) is 0 Å². The SMILES string of the molecule is CCCOC1=NC(Oc2ccc3[nH]c(C)c(C)c3c2)c2cc(OC)ccc2N1N(C)C. The predicted molar refractivity (Wildman–Crippen MR) is 124 cm³/mol. The number of H-pyrrole nitrogens is 1. The molecule has 1 atom stereocenters. The molecule has 7 heteroatoms. The fraction of sp³-hybridized carbons (Fsp3) is 0.375. The van der Waals surface area contributed by atoms with Crippen LogP contribution in [-0.4, -0.2) is 43.8 Å². The molecule has 1 unspecified atom stereocenters. The van der Waals surface area contributed by atoms with Gasteiger partial charge in [-0.25, -0.2) is 10.0 Å². The number of fused-ring (bicyclic) bond motifs is 2. The Kier molecular flexibility index (Phi) is 5.78. The number of anilines is 1. The first-order valence-electron chi connectivity index (χ1n) is 10.5. The number of hydrogen-bond acceptors (Lipinski definition) is 6. The largest absolute Gasteiger partial charge is 0.497 e. The molecular formula is C24H30N4O3. The van der Waals surface area contributed by atoms with Gasteiger partial charge < -0.3 is 19.2 Å². The first-order valence-corrected chi connectivity index (χ1v) is 10.5. The molecule has 0 spiro atoms. The summed E-state index contributed by atoms with van der Waals surface area (Å²) in [7, 11) is 5.59. The van der Waals surface area contributed by atoms with Crippen LogP contribution in [0.25, 0.3) is 10.9 Å². The zero-order valence-electron chi connectivity index (χ0n) is 19.0. The second-order valence-corrected chi connectivity index (χ2v) is 7.90. The monoisotopic (exact) mass is 422 g/mol. The van der Waals surface area contributed by atoms with Crippen molar-refractivity contribution in [2.24, 2.45) is 4.99 Å². The summed E-state index contributed by atoms with van der Waals surface area (Å²) < 4.78 is 17.9. The number of hydrogen-bond donors (Lipinski definition) is 1. The van der Waals surface area contributed by atoms with E-state index in [9.17, 15) is 0 Å². The van der Waals surface area contributed by atoms with E-state index >= 15 is 0 Å².